The number of hydrogen-bond donors (Lipinski definition) is 1. The molecule has 2 atom stereocenters. The standard InChI is InChI=1S/C14H18Br2N2O6/c1-5-24-13(19)17-12(14(2,16)18(20)21)8-6-10(22-3)11(23-4)7-9(8)15/h6-7,12H,5H2,1-4H3,(H,17,19)/t12-,14+/m1/s1. The number of nitrogens with zero attached hydrogens (tertiary/aromatic N) is 1. The summed E-state index contributed by atoms with van der Waals surface area (Å²) >= 11 is 6.43. The highest BCUT2D eigenvalue weighted by atomic mass is 79.9. The van der Waals surface area contributed by atoms with Crippen LogP contribution in [0.2, 0.25) is 0 Å². The molecule has 0 saturated carbocycles. The number of hydrogen-bond acceptors (Lipinski definition) is 6. The summed E-state index contributed by atoms with van der Waals surface area (Å²) in [5.74, 6) is 0.818. The predicted molar refractivity (Wildman–Crippen MR) is 94.5 cm³/mol. The fourth-order valence-electron chi connectivity index (χ4n) is 1.98. The lowest BCUT2D eigenvalue weighted by Gasteiger charge is -2.27. The number of nitro groups is 1. The molecule has 0 fully saturated rings. The number of ether oxygens (including phenoxy) is 3. The molecule has 1 amide bonds. The van der Waals surface area contributed by atoms with Crippen LogP contribution in [0.15, 0.2) is 16.6 Å². The molecule has 0 spiro atoms. The van der Waals surface area contributed by atoms with E-state index in [1.54, 1.807) is 19.1 Å². The van der Waals surface area contributed by atoms with E-state index >= 15 is 0 Å². The molecule has 134 valence electrons. The average Bonchev–Trinajstić information content (AvgIpc) is 2.52. The Kier molecular flexibility index (Phi) is 7.27. The molecule has 1 aromatic rings. The first-order valence-corrected chi connectivity index (χ1v) is 8.45. The number of carbonyl (C=O) groups excluding carboxylic acids is 1. The van der Waals surface area contributed by atoms with Gasteiger partial charge in [-0.25, -0.2) is 4.79 Å². The number of benzene rings is 1. The highest BCUT2D eigenvalue weighted by molar-refractivity contribution is 9.10. The van der Waals surface area contributed by atoms with Gasteiger partial charge in [-0.3, -0.25) is 10.1 Å². The van der Waals surface area contributed by atoms with Crippen LogP contribution in [0.5, 0.6) is 11.5 Å². The number of methoxy groups -OCH3 is 2. The van der Waals surface area contributed by atoms with E-state index in [-0.39, 0.29) is 6.61 Å². The van der Waals surface area contributed by atoms with E-state index in [4.69, 9.17) is 14.2 Å². The second-order valence-electron chi connectivity index (χ2n) is 4.81. The van der Waals surface area contributed by atoms with Crippen molar-refractivity contribution in [3.63, 3.8) is 0 Å². The first-order chi connectivity index (χ1) is 11.2. The van der Waals surface area contributed by atoms with Gasteiger partial charge in [-0.1, -0.05) is 15.9 Å². The number of nitrogens with one attached hydrogen (secondary N) is 1. The van der Waals surface area contributed by atoms with E-state index in [9.17, 15) is 14.9 Å². The third-order valence-corrected chi connectivity index (χ3v) is 4.67. The second kappa shape index (κ2) is 8.52. The van der Waals surface area contributed by atoms with E-state index in [1.165, 1.54) is 21.1 Å². The van der Waals surface area contributed by atoms with Crippen molar-refractivity contribution in [2.75, 3.05) is 20.8 Å². The fraction of sp³-hybridized carbons (Fsp3) is 0.500. The number of alkyl halides is 1. The van der Waals surface area contributed by atoms with Crippen LogP contribution < -0.4 is 14.8 Å². The summed E-state index contributed by atoms with van der Waals surface area (Å²) in [6.07, 6.45) is -0.767. The maximum atomic E-state index is 11.8. The summed E-state index contributed by atoms with van der Waals surface area (Å²) in [4.78, 5) is 22.8. The molecule has 1 rings (SSSR count). The SMILES string of the molecule is CCOC(=O)N[C@H](c1cc(OC)c(OC)cc1Br)[C@@](C)(Br)[N+](=O)[O-]. The van der Waals surface area contributed by atoms with E-state index in [0.717, 1.165) is 0 Å². The molecule has 8 nitrogen and oxygen atoms in total. The average molecular weight is 470 g/mol. The topological polar surface area (TPSA) is 99.9 Å². The lowest BCUT2D eigenvalue weighted by molar-refractivity contribution is -0.536. The molecule has 0 aliphatic heterocycles. The first kappa shape index (κ1) is 20.5. The van der Waals surface area contributed by atoms with Gasteiger partial charge >= 0.3 is 6.09 Å². The summed E-state index contributed by atoms with van der Waals surface area (Å²) in [6.45, 7) is 3.12. The van der Waals surface area contributed by atoms with E-state index in [1.807, 2.05) is 0 Å². The zero-order valence-corrected chi connectivity index (χ0v) is 16.8. The van der Waals surface area contributed by atoms with Crippen molar-refractivity contribution in [1.82, 2.24) is 5.32 Å². The van der Waals surface area contributed by atoms with Crippen molar-refractivity contribution in [2.45, 2.75) is 24.3 Å². The van der Waals surface area contributed by atoms with Gasteiger partial charge < -0.3 is 19.5 Å². The molecule has 1 aromatic carbocycles. The Morgan fingerprint density at radius 3 is 2.38 bits per heavy atom. The smallest absolute Gasteiger partial charge is 0.407 e. The fourth-order valence-corrected chi connectivity index (χ4v) is 2.89. The molecule has 0 aliphatic rings. The van der Waals surface area contributed by atoms with Crippen molar-refractivity contribution < 1.29 is 23.9 Å². The molecule has 10 heteroatoms. The Morgan fingerprint density at radius 1 is 1.38 bits per heavy atom. The van der Waals surface area contributed by atoms with Gasteiger partial charge in [0.15, 0.2) is 11.5 Å². The minimum atomic E-state index is -1.68. The number of amides is 1. The monoisotopic (exact) mass is 468 g/mol. The van der Waals surface area contributed by atoms with Gasteiger partial charge in [0, 0.05) is 37.8 Å². The van der Waals surface area contributed by atoms with Crippen LogP contribution in [0, 0.1) is 10.1 Å². The minimum Gasteiger partial charge on any atom is -0.493 e. The number of alkyl carbamates (subject to hydrolysis) is 1. The lowest BCUT2D eigenvalue weighted by atomic mass is 10.00. The minimum absolute atomic E-state index is 0.142. The zero-order chi connectivity index (χ0) is 18.5. The highest BCUT2D eigenvalue weighted by Gasteiger charge is 2.46. The Morgan fingerprint density at radius 2 is 1.92 bits per heavy atom. The number of rotatable bonds is 7. The summed E-state index contributed by atoms with van der Waals surface area (Å²) < 4.78 is 14.1. The highest BCUT2D eigenvalue weighted by Crippen LogP contribution is 2.42. The van der Waals surface area contributed by atoms with Crippen molar-refractivity contribution in [3.8, 4) is 11.5 Å². The van der Waals surface area contributed by atoms with Crippen LogP contribution in [0.3, 0.4) is 0 Å². The van der Waals surface area contributed by atoms with Crippen LogP contribution in [0.1, 0.15) is 25.5 Å². The van der Waals surface area contributed by atoms with Crippen LogP contribution in [0.25, 0.3) is 0 Å². The lowest BCUT2D eigenvalue weighted by Crippen LogP contribution is -2.45. The Bertz CT molecular complexity index is 624. The number of halogens is 2. The Hall–Kier alpha value is -1.55. The molecule has 0 aliphatic carbocycles. The van der Waals surface area contributed by atoms with Crippen LogP contribution >= 0.6 is 31.9 Å². The third kappa shape index (κ3) is 4.50. The van der Waals surface area contributed by atoms with E-state index in [0.29, 0.717) is 21.5 Å². The maximum absolute atomic E-state index is 11.8. The maximum Gasteiger partial charge on any atom is 0.407 e. The van der Waals surface area contributed by atoms with Gasteiger partial charge in [0.05, 0.1) is 20.8 Å². The molecule has 0 saturated heterocycles. The molecular weight excluding hydrogens is 452 g/mol. The molecule has 0 aromatic heterocycles. The summed E-state index contributed by atoms with van der Waals surface area (Å²) in [6, 6.07) is 2.13. The Labute approximate surface area is 156 Å². The Balaban J connectivity index is 3.43. The van der Waals surface area contributed by atoms with Crippen molar-refractivity contribution in [2.24, 2.45) is 0 Å². The zero-order valence-electron chi connectivity index (χ0n) is 13.6. The van der Waals surface area contributed by atoms with Crippen molar-refractivity contribution >= 4 is 38.0 Å². The van der Waals surface area contributed by atoms with Gasteiger partial charge in [-0.15, -0.1) is 0 Å². The molecule has 0 radical (unpaired) electrons. The van der Waals surface area contributed by atoms with Gasteiger partial charge in [0.2, 0.25) is 0 Å². The molecule has 0 heterocycles. The summed E-state index contributed by atoms with van der Waals surface area (Å²) in [5.41, 5.74) is 0.428. The van der Waals surface area contributed by atoms with Gasteiger partial charge in [0.25, 0.3) is 4.45 Å². The molecule has 24 heavy (non-hydrogen) atoms. The van der Waals surface area contributed by atoms with Gasteiger partial charge in [-0.05, 0) is 19.1 Å². The van der Waals surface area contributed by atoms with Crippen LogP contribution in [0.4, 0.5) is 4.79 Å². The van der Waals surface area contributed by atoms with Crippen molar-refractivity contribution in [3.05, 3.63) is 32.3 Å². The van der Waals surface area contributed by atoms with Gasteiger partial charge in [-0.2, -0.15) is 0 Å². The second-order valence-corrected chi connectivity index (χ2v) is 7.27. The largest absolute Gasteiger partial charge is 0.493 e. The van der Waals surface area contributed by atoms with Gasteiger partial charge in [0.1, 0.15) is 6.04 Å². The molecule has 0 bridgehead atoms. The molecule has 1 N–H and O–H groups in total. The molecular formula is C14H18Br2N2O6. The van der Waals surface area contributed by atoms with Crippen molar-refractivity contribution in [1.29, 1.82) is 0 Å². The quantitative estimate of drug-likeness (QED) is 0.283. The van der Waals surface area contributed by atoms with E-state index < -0.39 is 21.5 Å². The van der Waals surface area contributed by atoms with Crippen LogP contribution in [-0.2, 0) is 4.74 Å². The van der Waals surface area contributed by atoms with E-state index in [2.05, 4.69) is 37.2 Å². The van der Waals surface area contributed by atoms with Crippen LogP contribution in [-0.4, -0.2) is 36.3 Å². The normalized spacial score (nSPS) is 14.2. The third-order valence-electron chi connectivity index (χ3n) is 3.24. The predicted octanol–water partition coefficient (Wildman–Crippen LogP) is 3.64. The number of carbonyl (C=O) groups is 1. The summed E-state index contributed by atoms with van der Waals surface area (Å²) in [7, 11) is 2.92. The summed E-state index contributed by atoms with van der Waals surface area (Å²) in [5, 5.41) is 14.0. The molecule has 0 unspecified atom stereocenters. The first-order valence-electron chi connectivity index (χ1n) is 6.87.